The molecular formula is C11H11ClN2. The summed E-state index contributed by atoms with van der Waals surface area (Å²) >= 11 is 6.17. The summed E-state index contributed by atoms with van der Waals surface area (Å²) in [4.78, 5) is 6.61. The van der Waals surface area contributed by atoms with Crippen LogP contribution in [0.4, 0.5) is 0 Å². The lowest BCUT2D eigenvalue weighted by Crippen LogP contribution is -2.40. The molecule has 0 saturated heterocycles. The fourth-order valence-electron chi connectivity index (χ4n) is 1.77. The zero-order chi connectivity index (χ0) is 9.54. The van der Waals surface area contributed by atoms with Crippen LogP contribution in [-0.4, -0.2) is 16.6 Å². The highest BCUT2D eigenvalue weighted by molar-refractivity contribution is 6.20. The van der Waals surface area contributed by atoms with Gasteiger partial charge in [0.2, 0.25) is 0 Å². The zero-order valence-electron chi connectivity index (χ0n) is 7.73. The van der Waals surface area contributed by atoms with Crippen LogP contribution < -0.4 is 10.6 Å². The molecule has 3 heteroatoms. The lowest BCUT2D eigenvalue weighted by molar-refractivity contribution is 0.368. The van der Waals surface area contributed by atoms with Crippen molar-refractivity contribution < 1.29 is 0 Å². The van der Waals surface area contributed by atoms with E-state index in [1.165, 1.54) is 18.1 Å². The van der Waals surface area contributed by atoms with Crippen LogP contribution in [0.25, 0.3) is 6.20 Å². The van der Waals surface area contributed by atoms with Gasteiger partial charge in [0.1, 0.15) is 0 Å². The van der Waals surface area contributed by atoms with E-state index in [0.29, 0.717) is 6.04 Å². The van der Waals surface area contributed by atoms with Gasteiger partial charge in [0.25, 0.3) is 0 Å². The molecule has 0 aromatic heterocycles. The average Bonchev–Trinajstić information content (AvgIpc) is 3.00. The summed E-state index contributed by atoms with van der Waals surface area (Å²) < 4.78 is 0. The summed E-state index contributed by atoms with van der Waals surface area (Å²) in [6, 6.07) is 8.73. The molecule has 3 rings (SSSR count). The van der Waals surface area contributed by atoms with E-state index in [1.807, 2.05) is 18.2 Å². The van der Waals surface area contributed by atoms with Crippen LogP contribution in [0.5, 0.6) is 0 Å². The summed E-state index contributed by atoms with van der Waals surface area (Å²) in [5.74, 6) is 0. The second-order valence-electron chi connectivity index (χ2n) is 3.81. The van der Waals surface area contributed by atoms with E-state index in [2.05, 4.69) is 22.2 Å². The van der Waals surface area contributed by atoms with E-state index in [1.54, 1.807) is 0 Å². The van der Waals surface area contributed by atoms with Crippen molar-refractivity contribution in [3.8, 4) is 0 Å². The van der Waals surface area contributed by atoms with Crippen LogP contribution in [0.15, 0.2) is 29.3 Å². The second kappa shape index (κ2) is 2.99. The predicted octanol–water partition coefficient (Wildman–Crippen LogP) is 1.04. The van der Waals surface area contributed by atoms with Crippen LogP contribution in [0.1, 0.15) is 12.8 Å². The number of nitrogens with zero attached hydrogens (tertiary/aromatic N) is 2. The minimum Gasteiger partial charge on any atom is -0.340 e. The number of para-hydroxylation sites is 1. The molecular weight excluding hydrogens is 196 g/mol. The van der Waals surface area contributed by atoms with Gasteiger partial charge in [-0.2, -0.15) is 0 Å². The third-order valence-corrected chi connectivity index (χ3v) is 3.01. The highest BCUT2D eigenvalue weighted by Crippen LogP contribution is 2.30. The number of halogens is 1. The van der Waals surface area contributed by atoms with Gasteiger partial charge in [0.05, 0.1) is 5.36 Å². The standard InChI is InChI=1S/C11H11ClN2/c12-11-13-10-4-2-1-3-8(10)7-14(11)9-5-6-9/h1-4,7,9,11H,5-6H2/t11-/m1/s1. The van der Waals surface area contributed by atoms with Crippen molar-refractivity contribution in [2.45, 2.75) is 24.5 Å². The monoisotopic (exact) mass is 206 g/mol. The first kappa shape index (κ1) is 8.30. The second-order valence-corrected chi connectivity index (χ2v) is 4.20. The Morgan fingerprint density at radius 1 is 1.29 bits per heavy atom. The number of hydrogen-bond acceptors (Lipinski definition) is 2. The molecule has 1 aromatic carbocycles. The Balaban J connectivity index is 2.13. The lowest BCUT2D eigenvalue weighted by atomic mass is 10.2. The van der Waals surface area contributed by atoms with Crippen LogP contribution in [0.2, 0.25) is 0 Å². The number of benzene rings is 1. The van der Waals surface area contributed by atoms with Gasteiger partial charge in [-0.15, -0.1) is 0 Å². The predicted molar refractivity (Wildman–Crippen MR) is 56.2 cm³/mol. The van der Waals surface area contributed by atoms with Gasteiger partial charge in [-0.1, -0.05) is 29.8 Å². The van der Waals surface area contributed by atoms with Gasteiger partial charge in [0.15, 0.2) is 5.62 Å². The van der Waals surface area contributed by atoms with E-state index < -0.39 is 0 Å². The largest absolute Gasteiger partial charge is 0.340 e. The smallest absolute Gasteiger partial charge is 0.198 e. The Bertz CT molecular complexity index is 464. The van der Waals surface area contributed by atoms with Crippen molar-refractivity contribution in [1.29, 1.82) is 0 Å². The zero-order valence-corrected chi connectivity index (χ0v) is 8.48. The van der Waals surface area contributed by atoms with E-state index in [4.69, 9.17) is 11.6 Å². The Morgan fingerprint density at radius 2 is 2.07 bits per heavy atom. The van der Waals surface area contributed by atoms with Crippen molar-refractivity contribution in [2.75, 3.05) is 0 Å². The Morgan fingerprint density at radius 3 is 2.86 bits per heavy atom. The number of rotatable bonds is 1. The normalized spacial score (nSPS) is 24.9. The summed E-state index contributed by atoms with van der Waals surface area (Å²) in [5.41, 5.74) is -0.211. The molecule has 72 valence electrons. The minimum atomic E-state index is -0.211. The number of alkyl halides is 1. The van der Waals surface area contributed by atoms with Crippen molar-refractivity contribution >= 4 is 17.8 Å². The van der Waals surface area contributed by atoms with E-state index in [9.17, 15) is 0 Å². The van der Waals surface area contributed by atoms with Crippen LogP contribution in [0, 0.1) is 0 Å². The van der Waals surface area contributed by atoms with Gasteiger partial charge in [-0.25, -0.2) is 4.99 Å². The Hall–Kier alpha value is -1.02. The van der Waals surface area contributed by atoms with Gasteiger partial charge in [0, 0.05) is 17.5 Å². The molecule has 0 bridgehead atoms. The van der Waals surface area contributed by atoms with E-state index in [-0.39, 0.29) is 5.62 Å². The molecule has 1 fully saturated rings. The number of hydrogen-bond donors (Lipinski definition) is 0. The first-order valence-corrected chi connectivity index (χ1v) is 5.34. The van der Waals surface area contributed by atoms with Crippen LogP contribution in [0.3, 0.4) is 0 Å². The summed E-state index contributed by atoms with van der Waals surface area (Å²) in [7, 11) is 0. The highest BCUT2D eigenvalue weighted by Gasteiger charge is 2.31. The Labute approximate surface area is 87.5 Å². The maximum absolute atomic E-state index is 6.17. The SMILES string of the molecule is Cl[C@@H]1N=c2ccccc2=CN1C1CC1. The van der Waals surface area contributed by atoms with Crippen molar-refractivity contribution in [1.82, 2.24) is 4.90 Å². The van der Waals surface area contributed by atoms with Crippen LogP contribution >= 0.6 is 11.6 Å². The molecule has 14 heavy (non-hydrogen) atoms. The fourth-order valence-corrected chi connectivity index (χ4v) is 2.09. The van der Waals surface area contributed by atoms with E-state index >= 15 is 0 Å². The Kier molecular flexibility index (Phi) is 1.77. The summed E-state index contributed by atoms with van der Waals surface area (Å²) in [6.07, 6.45) is 4.63. The molecule has 1 heterocycles. The average molecular weight is 207 g/mol. The van der Waals surface area contributed by atoms with Gasteiger partial charge in [-0.05, 0) is 18.9 Å². The molecule has 0 radical (unpaired) electrons. The van der Waals surface area contributed by atoms with Crippen molar-refractivity contribution in [2.24, 2.45) is 4.99 Å². The molecule has 1 aliphatic heterocycles. The van der Waals surface area contributed by atoms with E-state index in [0.717, 1.165) is 5.36 Å². The third-order valence-electron chi connectivity index (χ3n) is 2.69. The lowest BCUT2D eigenvalue weighted by Gasteiger charge is -2.25. The van der Waals surface area contributed by atoms with Crippen molar-refractivity contribution in [3.05, 3.63) is 34.8 Å². The minimum absolute atomic E-state index is 0.211. The summed E-state index contributed by atoms with van der Waals surface area (Å²) in [6.45, 7) is 0. The first-order valence-electron chi connectivity index (χ1n) is 4.91. The maximum Gasteiger partial charge on any atom is 0.198 e. The molecule has 1 atom stereocenters. The quantitative estimate of drug-likeness (QED) is 0.495. The molecule has 0 amide bonds. The van der Waals surface area contributed by atoms with Gasteiger partial charge >= 0.3 is 0 Å². The topological polar surface area (TPSA) is 15.6 Å². The molecule has 0 spiro atoms. The first-order chi connectivity index (χ1) is 6.84. The van der Waals surface area contributed by atoms with Gasteiger partial charge < -0.3 is 4.90 Å². The molecule has 2 nitrogen and oxygen atoms in total. The molecule has 1 aliphatic carbocycles. The molecule has 0 N–H and O–H groups in total. The number of fused-ring (bicyclic) bond motifs is 1. The summed E-state index contributed by atoms with van der Waals surface area (Å²) in [5, 5.41) is 2.18. The highest BCUT2D eigenvalue weighted by atomic mass is 35.5. The fraction of sp³-hybridized carbons (Fsp3) is 0.364. The molecule has 1 saturated carbocycles. The van der Waals surface area contributed by atoms with Crippen LogP contribution in [-0.2, 0) is 0 Å². The van der Waals surface area contributed by atoms with Gasteiger partial charge in [-0.3, -0.25) is 0 Å². The third kappa shape index (κ3) is 1.30. The molecule has 2 aliphatic rings. The molecule has 1 aromatic rings. The molecule has 0 unspecified atom stereocenters. The van der Waals surface area contributed by atoms with Crippen molar-refractivity contribution in [3.63, 3.8) is 0 Å². The maximum atomic E-state index is 6.17.